The van der Waals surface area contributed by atoms with E-state index in [1.165, 1.54) is 13.2 Å². The fourth-order valence-corrected chi connectivity index (χ4v) is 0.932. The Morgan fingerprint density at radius 1 is 1.57 bits per heavy atom. The van der Waals surface area contributed by atoms with Crippen molar-refractivity contribution in [1.82, 2.24) is 0 Å². The first-order chi connectivity index (χ1) is 6.74. The van der Waals surface area contributed by atoms with Crippen molar-refractivity contribution in [2.24, 2.45) is 5.92 Å². The van der Waals surface area contributed by atoms with Crippen molar-refractivity contribution in [1.29, 1.82) is 0 Å². The maximum absolute atomic E-state index is 10.7. The zero-order valence-electron chi connectivity index (χ0n) is 8.32. The quantitative estimate of drug-likeness (QED) is 0.375. The molecule has 0 aromatic rings. The van der Waals surface area contributed by atoms with Crippen LogP contribution in [-0.2, 0) is 9.53 Å². The van der Waals surface area contributed by atoms with Crippen LogP contribution in [0.4, 0.5) is 0 Å². The predicted molar refractivity (Wildman–Crippen MR) is 56.2 cm³/mol. The molecule has 0 aromatic heterocycles. The highest BCUT2D eigenvalue weighted by Gasteiger charge is 2.00. The van der Waals surface area contributed by atoms with Crippen molar-refractivity contribution < 1.29 is 9.53 Å². The number of rotatable bonds is 5. The lowest BCUT2D eigenvalue weighted by Crippen LogP contribution is -1.96. The Morgan fingerprint density at radius 3 is 2.79 bits per heavy atom. The Hall–Kier alpha value is -1.67. The third-order valence-corrected chi connectivity index (χ3v) is 1.74. The summed E-state index contributed by atoms with van der Waals surface area (Å²) >= 11 is 0. The van der Waals surface area contributed by atoms with Gasteiger partial charge in [0.25, 0.3) is 0 Å². The van der Waals surface area contributed by atoms with Gasteiger partial charge in [-0.2, -0.15) is 0 Å². The van der Waals surface area contributed by atoms with Gasteiger partial charge in [0.05, 0.1) is 7.11 Å². The SMILES string of the molecule is C#CCC(C#C)CC/C=C/C(=O)OC. The third kappa shape index (κ3) is 5.91. The molecule has 0 saturated heterocycles. The molecular formula is C12H14O2. The molecule has 2 heteroatoms. The van der Waals surface area contributed by atoms with Gasteiger partial charge in [-0.05, 0) is 12.8 Å². The van der Waals surface area contributed by atoms with E-state index in [0.29, 0.717) is 6.42 Å². The van der Waals surface area contributed by atoms with Gasteiger partial charge in [0.1, 0.15) is 0 Å². The molecule has 1 unspecified atom stereocenters. The number of carbonyl (C=O) groups is 1. The molecule has 0 heterocycles. The highest BCUT2D eigenvalue weighted by Crippen LogP contribution is 2.09. The molecule has 0 saturated carbocycles. The van der Waals surface area contributed by atoms with Crippen molar-refractivity contribution in [2.75, 3.05) is 7.11 Å². The lowest BCUT2D eigenvalue weighted by Gasteiger charge is -2.02. The normalized spacial score (nSPS) is 11.6. The molecule has 0 aliphatic rings. The average molecular weight is 190 g/mol. The first-order valence-corrected chi connectivity index (χ1v) is 4.38. The highest BCUT2D eigenvalue weighted by atomic mass is 16.5. The number of carbonyl (C=O) groups excluding carboxylic acids is 1. The molecule has 2 nitrogen and oxygen atoms in total. The summed E-state index contributed by atoms with van der Waals surface area (Å²) in [4.78, 5) is 10.7. The monoisotopic (exact) mass is 190 g/mol. The summed E-state index contributed by atoms with van der Waals surface area (Å²) in [6, 6.07) is 0. The average Bonchev–Trinajstić information content (AvgIpc) is 2.22. The Morgan fingerprint density at radius 2 is 2.29 bits per heavy atom. The van der Waals surface area contributed by atoms with E-state index in [0.717, 1.165) is 12.8 Å². The molecule has 0 spiro atoms. The van der Waals surface area contributed by atoms with E-state index < -0.39 is 0 Å². The van der Waals surface area contributed by atoms with Crippen LogP contribution >= 0.6 is 0 Å². The largest absolute Gasteiger partial charge is 0.466 e. The molecule has 0 aromatic carbocycles. The number of allylic oxidation sites excluding steroid dienone is 1. The van der Waals surface area contributed by atoms with Crippen LogP contribution in [0.1, 0.15) is 19.3 Å². The minimum atomic E-state index is -0.348. The first-order valence-electron chi connectivity index (χ1n) is 4.38. The van der Waals surface area contributed by atoms with E-state index in [2.05, 4.69) is 16.6 Å². The standard InChI is InChI=1S/C12H14O2/c1-4-8-11(5-2)9-6-7-10-12(13)14-3/h1-2,7,10-11H,6,8-9H2,3H3/b10-7+. The molecule has 74 valence electrons. The van der Waals surface area contributed by atoms with Crippen LogP contribution in [-0.4, -0.2) is 13.1 Å². The molecule has 0 bridgehead atoms. The van der Waals surface area contributed by atoms with E-state index in [-0.39, 0.29) is 11.9 Å². The van der Waals surface area contributed by atoms with Crippen LogP contribution in [0, 0.1) is 30.6 Å². The molecule has 14 heavy (non-hydrogen) atoms. The van der Waals surface area contributed by atoms with Crippen molar-refractivity contribution in [3.05, 3.63) is 12.2 Å². The number of ether oxygens (including phenoxy) is 1. The third-order valence-electron chi connectivity index (χ3n) is 1.74. The summed E-state index contributed by atoms with van der Waals surface area (Å²) in [5.41, 5.74) is 0. The molecule has 0 N–H and O–H groups in total. The predicted octanol–water partition coefficient (Wildman–Crippen LogP) is 1.77. The van der Waals surface area contributed by atoms with Crippen molar-refractivity contribution in [3.63, 3.8) is 0 Å². The number of terminal acetylenes is 2. The van der Waals surface area contributed by atoms with Crippen LogP contribution in [0.2, 0.25) is 0 Å². The molecule has 0 radical (unpaired) electrons. The Labute approximate surface area is 85.3 Å². The van der Waals surface area contributed by atoms with Crippen LogP contribution < -0.4 is 0 Å². The van der Waals surface area contributed by atoms with E-state index in [4.69, 9.17) is 12.8 Å². The topological polar surface area (TPSA) is 26.3 Å². The second kappa shape index (κ2) is 7.95. The molecule has 0 rings (SSSR count). The zero-order valence-corrected chi connectivity index (χ0v) is 8.32. The zero-order chi connectivity index (χ0) is 10.8. The molecule has 0 amide bonds. The molecule has 0 aliphatic heterocycles. The maximum atomic E-state index is 10.7. The van der Waals surface area contributed by atoms with Gasteiger partial charge in [-0.3, -0.25) is 0 Å². The van der Waals surface area contributed by atoms with E-state index in [1.54, 1.807) is 6.08 Å². The second-order valence-corrected chi connectivity index (χ2v) is 2.77. The maximum Gasteiger partial charge on any atom is 0.330 e. The van der Waals surface area contributed by atoms with E-state index in [9.17, 15) is 4.79 Å². The summed E-state index contributed by atoms with van der Waals surface area (Å²) in [5.74, 6) is 4.89. The van der Waals surface area contributed by atoms with Crippen molar-refractivity contribution in [2.45, 2.75) is 19.3 Å². The van der Waals surface area contributed by atoms with Gasteiger partial charge in [-0.15, -0.1) is 24.7 Å². The lowest BCUT2D eigenvalue weighted by molar-refractivity contribution is -0.134. The fraction of sp³-hybridized carbons (Fsp3) is 0.417. The van der Waals surface area contributed by atoms with Gasteiger partial charge in [0.2, 0.25) is 0 Å². The van der Waals surface area contributed by atoms with Gasteiger partial charge < -0.3 is 4.74 Å². The number of hydrogen-bond acceptors (Lipinski definition) is 2. The van der Waals surface area contributed by atoms with Crippen LogP contribution in [0.25, 0.3) is 0 Å². The Bertz CT molecular complexity index is 276. The first kappa shape index (κ1) is 12.3. The van der Waals surface area contributed by atoms with Crippen LogP contribution in [0.15, 0.2) is 12.2 Å². The molecule has 0 aliphatic carbocycles. The van der Waals surface area contributed by atoms with Gasteiger partial charge in [0, 0.05) is 18.4 Å². The number of hydrogen-bond donors (Lipinski definition) is 0. The van der Waals surface area contributed by atoms with Crippen LogP contribution in [0.5, 0.6) is 0 Å². The summed E-state index contributed by atoms with van der Waals surface area (Å²) in [6.07, 6.45) is 15.7. The number of esters is 1. The minimum Gasteiger partial charge on any atom is -0.466 e. The Balaban J connectivity index is 3.73. The van der Waals surface area contributed by atoms with Gasteiger partial charge in [-0.1, -0.05) is 6.08 Å². The lowest BCUT2D eigenvalue weighted by atomic mass is 10.0. The van der Waals surface area contributed by atoms with Crippen LogP contribution in [0.3, 0.4) is 0 Å². The Kier molecular flexibility index (Phi) is 7.00. The smallest absolute Gasteiger partial charge is 0.330 e. The van der Waals surface area contributed by atoms with Gasteiger partial charge >= 0.3 is 5.97 Å². The number of methoxy groups -OCH3 is 1. The van der Waals surface area contributed by atoms with Crippen molar-refractivity contribution >= 4 is 5.97 Å². The molecule has 1 atom stereocenters. The summed E-state index contributed by atoms with van der Waals surface area (Å²) < 4.78 is 4.43. The minimum absolute atomic E-state index is 0.0993. The van der Waals surface area contributed by atoms with E-state index in [1.807, 2.05) is 0 Å². The van der Waals surface area contributed by atoms with Crippen molar-refractivity contribution in [3.8, 4) is 24.7 Å². The fourth-order valence-electron chi connectivity index (χ4n) is 0.932. The molecule has 0 fully saturated rings. The molecular weight excluding hydrogens is 176 g/mol. The summed E-state index contributed by atoms with van der Waals surface area (Å²) in [6.45, 7) is 0. The summed E-state index contributed by atoms with van der Waals surface area (Å²) in [5, 5.41) is 0. The van der Waals surface area contributed by atoms with Gasteiger partial charge in [0.15, 0.2) is 0 Å². The van der Waals surface area contributed by atoms with Gasteiger partial charge in [-0.25, -0.2) is 4.79 Å². The van der Waals surface area contributed by atoms with E-state index >= 15 is 0 Å². The highest BCUT2D eigenvalue weighted by molar-refractivity contribution is 5.81. The summed E-state index contributed by atoms with van der Waals surface area (Å²) in [7, 11) is 1.34. The second-order valence-electron chi connectivity index (χ2n) is 2.77.